The van der Waals surface area contributed by atoms with Crippen LogP contribution < -0.4 is 5.32 Å². The van der Waals surface area contributed by atoms with E-state index in [1.807, 2.05) is 38.2 Å². The number of hydrogen-bond acceptors (Lipinski definition) is 28. The van der Waals surface area contributed by atoms with Crippen LogP contribution in [-0.4, -0.2) is 181 Å². The van der Waals surface area contributed by atoms with Gasteiger partial charge in [-0.3, -0.25) is 66.9 Å². The fourth-order valence-corrected chi connectivity index (χ4v) is 12.2. The summed E-state index contributed by atoms with van der Waals surface area (Å²) in [5.41, 5.74) is 0.217. The second-order valence-electron chi connectivity index (χ2n) is 27.6. The number of ether oxygens (including phenoxy) is 11. The maximum atomic E-state index is 13.9. The van der Waals surface area contributed by atoms with E-state index in [1.165, 1.54) is 91.0 Å². The SMILES string of the molecule is CC(=O)NCCCC(CC(CC=CC(CC(CC(CC=CC(CC(CC=CC(CC(CC(=O)C(C)C(CC=CC=CC=CC=CC=CC=CC(OC(C)=O)C(C)C(OC(C)=O)C(C)C=CCCC=CC=CC=C(C)C(=O)O)OS(=O)(=O)O)OC(C)=O)OC(C)=O)OC(C)=O)OC(C)=O)OC(C)=O)OC(C)=O)OC(C)=O)OC(C)=O)OC(C)=O. The normalized spacial score (nSPS) is 16.3. The standard InChI is InChI=1S/C86H121NO30S/c1-57(39-31-27-23-22-24-28-32-40-58(2)86(101)102)85(116-72(16)99)60(4)83(115-71(15)98)48-33-29-25-20-18-17-19-21-26-30-34-49-84(117-118(103,104)105)59(3)82(100)56-81(114-70(14)97)55-78(111-67(11)94)46-37-42-74(107-63(7)90)51-73(106-62(6)89)41-35-44-76(109-65(9)92)53-80(113-69(13)96)54-77(110-66(10)93)45-36-43-75(108-64(8)91)52-79(112-68(12)95)47-38-50-87-61(5)88/h17-22,24-26,28-37,39-41,45-46,48,57,59-60,73-81,83-85H,23,27,38,42-44,47,49-56H2,1-16H3,(H,87,88)(H,101,102)(H,103,104,105). The highest BCUT2D eigenvalue weighted by Gasteiger charge is 2.35. The minimum Gasteiger partial charge on any atom is -0.478 e. The minimum atomic E-state index is -5.12. The third-order valence-electron chi connectivity index (χ3n) is 16.5. The number of carbonyl (C=O) groups is 14. The average molecular weight is 1680 g/mol. The van der Waals surface area contributed by atoms with Crippen molar-refractivity contribution in [1.29, 1.82) is 0 Å². The summed E-state index contributed by atoms with van der Waals surface area (Å²) in [6, 6.07) is 0. The van der Waals surface area contributed by atoms with Crippen LogP contribution in [0.15, 0.2) is 157 Å². The van der Waals surface area contributed by atoms with E-state index in [9.17, 15) is 80.1 Å². The van der Waals surface area contributed by atoms with E-state index >= 15 is 0 Å². The van der Waals surface area contributed by atoms with Crippen LogP contribution in [0.25, 0.3) is 0 Å². The summed E-state index contributed by atoms with van der Waals surface area (Å²) in [5, 5.41) is 11.6. The monoisotopic (exact) mass is 1680 g/mol. The number of nitrogens with one attached hydrogen (secondary N) is 1. The first-order valence-corrected chi connectivity index (χ1v) is 40.0. The van der Waals surface area contributed by atoms with Gasteiger partial charge in [0.25, 0.3) is 0 Å². The van der Waals surface area contributed by atoms with E-state index in [0.717, 1.165) is 48.5 Å². The number of amides is 1. The number of allylic oxidation sites excluding steroid dienone is 16. The number of carboxylic acid groups (broad SMARTS) is 1. The Labute approximate surface area is 693 Å². The third-order valence-corrected chi connectivity index (χ3v) is 17.0. The molecule has 32 heteroatoms. The number of carboxylic acids is 1. The maximum absolute atomic E-state index is 13.9. The molecule has 0 saturated carbocycles. The van der Waals surface area contributed by atoms with Crippen molar-refractivity contribution in [2.24, 2.45) is 17.8 Å². The third kappa shape index (κ3) is 59.0. The number of carbonyl (C=O) groups excluding carboxylic acids is 13. The molecular weight excluding hydrogens is 1560 g/mol. The number of ketones is 1. The molecule has 0 heterocycles. The summed E-state index contributed by atoms with van der Waals surface area (Å²) in [6.07, 6.45) is 29.8. The van der Waals surface area contributed by atoms with Gasteiger partial charge in [-0.05, 0) is 63.3 Å². The Morgan fingerprint density at radius 2 is 0.746 bits per heavy atom. The first kappa shape index (κ1) is 107. The highest BCUT2D eigenvalue weighted by molar-refractivity contribution is 7.80. The van der Waals surface area contributed by atoms with Crippen molar-refractivity contribution in [3.8, 4) is 0 Å². The number of rotatable bonds is 58. The van der Waals surface area contributed by atoms with E-state index in [-0.39, 0.29) is 75.2 Å². The molecule has 0 aliphatic heterocycles. The van der Waals surface area contributed by atoms with E-state index < -0.39 is 179 Å². The molecule has 0 radical (unpaired) electrons. The molecule has 0 bridgehead atoms. The fourth-order valence-electron chi connectivity index (χ4n) is 11.6. The van der Waals surface area contributed by atoms with Gasteiger partial charge < -0.3 is 62.5 Å². The van der Waals surface area contributed by atoms with Gasteiger partial charge >= 0.3 is 82.0 Å². The van der Waals surface area contributed by atoms with Crippen molar-refractivity contribution in [3.63, 3.8) is 0 Å². The molecule has 656 valence electrons. The number of esters is 11. The lowest BCUT2D eigenvalue weighted by atomic mass is 9.88. The lowest BCUT2D eigenvalue weighted by molar-refractivity contribution is -0.159. The molecule has 0 saturated heterocycles. The molecule has 118 heavy (non-hydrogen) atoms. The first-order valence-electron chi connectivity index (χ1n) is 38.7. The molecule has 31 nitrogen and oxygen atoms in total. The minimum absolute atomic E-state index is 0.0599. The predicted octanol–water partition coefficient (Wildman–Crippen LogP) is 12.2. The van der Waals surface area contributed by atoms with Crippen molar-refractivity contribution in [2.45, 2.75) is 274 Å². The quantitative estimate of drug-likeness (QED) is 0.00968. The Kier molecular flexibility index (Phi) is 56.0. The topological polar surface area (TPSA) is 436 Å². The zero-order valence-corrected chi connectivity index (χ0v) is 71.3. The molecule has 0 fully saturated rings. The highest BCUT2D eigenvalue weighted by atomic mass is 32.3. The van der Waals surface area contributed by atoms with Crippen LogP contribution in [0.2, 0.25) is 0 Å². The number of hydrogen-bond donors (Lipinski definition) is 3. The van der Waals surface area contributed by atoms with Gasteiger partial charge in [0.1, 0.15) is 72.9 Å². The summed E-state index contributed by atoms with van der Waals surface area (Å²) in [4.78, 5) is 172. The average Bonchev–Trinajstić information content (AvgIpc) is 0.858. The van der Waals surface area contributed by atoms with Gasteiger partial charge in [0.2, 0.25) is 5.91 Å². The van der Waals surface area contributed by atoms with E-state index in [2.05, 4.69) is 5.32 Å². The molecule has 0 aliphatic rings. The second kappa shape index (κ2) is 61.6. The first-order chi connectivity index (χ1) is 55.4. The van der Waals surface area contributed by atoms with Crippen LogP contribution >= 0.6 is 0 Å². The Bertz CT molecular complexity index is 3770. The Morgan fingerprint density at radius 1 is 0.373 bits per heavy atom. The van der Waals surface area contributed by atoms with Gasteiger partial charge in [-0.2, -0.15) is 8.42 Å². The largest absolute Gasteiger partial charge is 0.478 e. The van der Waals surface area contributed by atoms with Gasteiger partial charge in [0.15, 0.2) is 0 Å². The molecule has 0 spiro atoms. The van der Waals surface area contributed by atoms with E-state index in [4.69, 9.17) is 61.4 Å². The summed E-state index contributed by atoms with van der Waals surface area (Å²) < 4.78 is 100. The molecular formula is C86H121NO30S. The zero-order chi connectivity index (χ0) is 89.3. The van der Waals surface area contributed by atoms with Crippen molar-refractivity contribution in [2.75, 3.05) is 6.54 Å². The van der Waals surface area contributed by atoms with Crippen LogP contribution in [0.5, 0.6) is 0 Å². The fraction of sp³-hybridized carbons (Fsp3) is 0.535. The Hall–Kier alpha value is -10.7. The molecule has 0 aliphatic carbocycles. The molecule has 0 rings (SSSR count). The van der Waals surface area contributed by atoms with Crippen molar-refractivity contribution < 1.29 is 141 Å². The number of aliphatic carboxylic acids is 1. The van der Waals surface area contributed by atoms with Crippen LogP contribution in [0.3, 0.4) is 0 Å². The van der Waals surface area contributed by atoms with Gasteiger partial charge in [-0.1, -0.05) is 148 Å². The Morgan fingerprint density at radius 3 is 1.19 bits per heavy atom. The van der Waals surface area contributed by atoms with Gasteiger partial charge in [-0.25, -0.2) is 8.98 Å². The molecule has 15 atom stereocenters. The molecule has 0 aromatic carbocycles. The molecule has 1 amide bonds. The second-order valence-corrected chi connectivity index (χ2v) is 28.6. The highest BCUT2D eigenvalue weighted by Crippen LogP contribution is 2.28. The Balaban J connectivity index is 6.50. The summed E-state index contributed by atoms with van der Waals surface area (Å²) in [6.45, 7) is 21.2. The molecule has 0 aromatic rings. The van der Waals surface area contributed by atoms with Crippen molar-refractivity contribution in [3.05, 3.63) is 157 Å². The van der Waals surface area contributed by atoms with Crippen LogP contribution in [0.1, 0.15) is 201 Å². The number of unbranched alkanes of at least 4 members (excludes halogenated alkanes) is 1. The summed E-state index contributed by atoms with van der Waals surface area (Å²) in [5.74, 6) is -11.3. The van der Waals surface area contributed by atoms with Gasteiger partial charge in [0, 0.05) is 171 Å². The smallest absolute Gasteiger partial charge is 0.397 e. The lowest BCUT2D eigenvalue weighted by Crippen LogP contribution is -2.38. The molecule has 0 aromatic heterocycles. The van der Waals surface area contributed by atoms with E-state index in [1.54, 1.807) is 85.1 Å². The summed E-state index contributed by atoms with van der Waals surface area (Å²) in [7, 11) is -5.12. The molecule has 3 N–H and O–H groups in total. The number of Topliss-reactive ketones (excluding diaryl/α,β-unsaturated/α-hetero) is 1. The lowest BCUT2D eigenvalue weighted by Gasteiger charge is -2.31. The van der Waals surface area contributed by atoms with Gasteiger partial charge in [-0.15, -0.1) is 0 Å². The van der Waals surface area contributed by atoms with Gasteiger partial charge in [0.05, 0.1) is 6.10 Å². The zero-order valence-electron chi connectivity index (χ0n) is 70.4. The molecule has 15 unspecified atom stereocenters. The van der Waals surface area contributed by atoms with E-state index in [0.29, 0.717) is 32.2 Å². The van der Waals surface area contributed by atoms with Crippen LogP contribution in [0, 0.1) is 17.8 Å². The summed E-state index contributed by atoms with van der Waals surface area (Å²) >= 11 is 0. The van der Waals surface area contributed by atoms with Crippen LogP contribution in [0.4, 0.5) is 0 Å². The van der Waals surface area contributed by atoms with Crippen molar-refractivity contribution in [1.82, 2.24) is 5.32 Å². The van der Waals surface area contributed by atoms with Crippen LogP contribution in [-0.2, 0) is 134 Å². The van der Waals surface area contributed by atoms with Crippen molar-refractivity contribution >= 4 is 93.7 Å². The maximum Gasteiger partial charge on any atom is 0.397 e. The predicted molar refractivity (Wildman–Crippen MR) is 434 cm³/mol.